The second kappa shape index (κ2) is 9.91. The van der Waals surface area contributed by atoms with Crippen molar-refractivity contribution in [3.8, 4) is 5.75 Å². The van der Waals surface area contributed by atoms with E-state index in [0.717, 1.165) is 26.2 Å². The maximum Gasteiger partial charge on any atom is 0.417 e. The number of benzene rings is 1. The van der Waals surface area contributed by atoms with E-state index in [9.17, 15) is 26.7 Å². The van der Waals surface area contributed by atoms with Crippen molar-refractivity contribution in [3.05, 3.63) is 53.4 Å². The maximum absolute atomic E-state index is 14.5. The number of halogens is 5. The number of hydrogen-bond acceptors (Lipinski definition) is 6. The molecule has 0 saturated carbocycles. The summed E-state index contributed by atoms with van der Waals surface area (Å²) in [5.74, 6) is -6.82. The van der Waals surface area contributed by atoms with Crippen molar-refractivity contribution in [3.63, 3.8) is 0 Å². The Morgan fingerprint density at radius 3 is 2.50 bits per heavy atom. The predicted molar refractivity (Wildman–Crippen MR) is 120 cm³/mol. The third kappa shape index (κ3) is 4.89. The molecule has 0 aliphatic carbocycles. The number of rotatable bonds is 7. The lowest BCUT2D eigenvalue weighted by Crippen LogP contribution is -2.47. The molecule has 1 amide bonds. The SMILES string of the molecule is COC[C@](C)(N)c1cc(NC(=O)[C@@H]2O[C@@](C)(C(F)(F)F)[C@@H](C)[C@H]2c2ccc(F)c(F)c2OC)ccn1. The van der Waals surface area contributed by atoms with E-state index in [0.29, 0.717) is 5.69 Å². The van der Waals surface area contributed by atoms with Crippen LogP contribution in [0.3, 0.4) is 0 Å². The summed E-state index contributed by atoms with van der Waals surface area (Å²) in [6.45, 7) is 3.83. The fourth-order valence-corrected chi connectivity index (χ4v) is 4.45. The van der Waals surface area contributed by atoms with Crippen molar-refractivity contribution < 1.29 is 41.0 Å². The van der Waals surface area contributed by atoms with Crippen LogP contribution >= 0.6 is 0 Å². The minimum atomic E-state index is -4.86. The van der Waals surface area contributed by atoms with Gasteiger partial charge in [0, 0.05) is 36.4 Å². The lowest BCUT2D eigenvalue weighted by atomic mass is 9.77. The van der Waals surface area contributed by atoms with E-state index >= 15 is 0 Å². The van der Waals surface area contributed by atoms with Gasteiger partial charge in [-0.05, 0) is 32.0 Å². The molecule has 5 atom stereocenters. The molecule has 0 spiro atoms. The number of aromatic nitrogens is 1. The second-order valence-electron chi connectivity index (χ2n) is 9.21. The van der Waals surface area contributed by atoms with Crippen molar-refractivity contribution in [2.75, 3.05) is 26.1 Å². The Morgan fingerprint density at radius 1 is 1.25 bits per heavy atom. The van der Waals surface area contributed by atoms with Crippen LogP contribution in [0.1, 0.15) is 37.9 Å². The second-order valence-corrected chi connectivity index (χ2v) is 9.21. The van der Waals surface area contributed by atoms with E-state index in [1.165, 1.54) is 32.4 Å². The van der Waals surface area contributed by atoms with Crippen LogP contribution in [0.2, 0.25) is 0 Å². The van der Waals surface area contributed by atoms with Gasteiger partial charge in [-0.3, -0.25) is 9.78 Å². The molecule has 12 heteroatoms. The van der Waals surface area contributed by atoms with E-state index < -0.39 is 58.5 Å². The fourth-order valence-electron chi connectivity index (χ4n) is 4.45. The number of carbonyl (C=O) groups excluding carboxylic acids is 1. The third-order valence-electron chi connectivity index (χ3n) is 6.63. The minimum Gasteiger partial charge on any atom is -0.493 e. The topological polar surface area (TPSA) is 95.7 Å². The summed E-state index contributed by atoms with van der Waals surface area (Å²) in [4.78, 5) is 17.5. The molecule has 1 aromatic heterocycles. The highest BCUT2D eigenvalue weighted by atomic mass is 19.4. The van der Waals surface area contributed by atoms with Gasteiger partial charge in [-0.1, -0.05) is 13.0 Å². The highest BCUT2D eigenvalue weighted by Crippen LogP contribution is 2.55. The van der Waals surface area contributed by atoms with Crippen LogP contribution in [-0.2, 0) is 19.8 Å². The van der Waals surface area contributed by atoms with Crippen LogP contribution in [0, 0.1) is 17.6 Å². The molecule has 0 bridgehead atoms. The summed E-state index contributed by atoms with van der Waals surface area (Å²) in [7, 11) is 2.52. The quantitative estimate of drug-likeness (QED) is 0.533. The Labute approximate surface area is 205 Å². The largest absolute Gasteiger partial charge is 0.493 e. The van der Waals surface area contributed by atoms with Crippen LogP contribution < -0.4 is 15.8 Å². The predicted octanol–water partition coefficient (Wildman–Crippen LogP) is 4.27. The molecule has 1 saturated heterocycles. The Balaban J connectivity index is 2.04. The van der Waals surface area contributed by atoms with Crippen LogP contribution in [0.4, 0.5) is 27.6 Å². The van der Waals surface area contributed by atoms with E-state index in [4.69, 9.17) is 19.9 Å². The first-order chi connectivity index (χ1) is 16.7. The maximum atomic E-state index is 14.5. The monoisotopic (exact) mass is 517 g/mol. The van der Waals surface area contributed by atoms with Crippen molar-refractivity contribution in [1.82, 2.24) is 4.98 Å². The Hall–Kier alpha value is -2.83. The highest BCUT2D eigenvalue weighted by molar-refractivity contribution is 5.95. The molecule has 1 aromatic carbocycles. The summed E-state index contributed by atoms with van der Waals surface area (Å²) in [6.07, 6.45) is -5.21. The van der Waals surface area contributed by atoms with Gasteiger partial charge in [0.05, 0.1) is 24.9 Å². The van der Waals surface area contributed by atoms with Gasteiger partial charge in [-0.2, -0.15) is 17.6 Å². The third-order valence-corrected chi connectivity index (χ3v) is 6.63. The number of alkyl halides is 3. The van der Waals surface area contributed by atoms with Gasteiger partial charge in [0.2, 0.25) is 5.82 Å². The Kier molecular flexibility index (Phi) is 7.64. The van der Waals surface area contributed by atoms with Crippen LogP contribution in [0.25, 0.3) is 0 Å². The number of hydrogen-bond donors (Lipinski definition) is 2. The molecule has 198 valence electrons. The first-order valence-corrected chi connectivity index (χ1v) is 11.0. The minimum absolute atomic E-state index is 0.114. The molecule has 1 aliphatic heterocycles. The average Bonchev–Trinajstić information content (AvgIpc) is 3.07. The van der Waals surface area contributed by atoms with Gasteiger partial charge in [-0.15, -0.1) is 0 Å². The zero-order chi connectivity index (χ0) is 27.1. The zero-order valence-corrected chi connectivity index (χ0v) is 20.4. The Bertz CT molecular complexity index is 1130. The number of pyridine rings is 1. The smallest absolute Gasteiger partial charge is 0.417 e. The molecule has 2 heterocycles. The van der Waals surface area contributed by atoms with Gasteiger partial charge in [0.15, 0.2) is 17.2 Å². The van der Waals surface area contributed by atoms with Crippen molar-refractivity contribution in [2.24, 2.45) is 11.7 Å². The van der Waals surface area contributed by atoms with E-state index in [1.807, 2.05) is 0 Å². The molecular weight excluding hydrogens is 489 g/mol. The number of nitrogens with two attached hydrogens (primary N) is 1. The number of carbonyl (C=O) groups is 1. The average molecular weight is 517 g/mol. The Morgan fingerprint density at radius 2 is 1.92 bits per heavy atom. The summed E-state index contributed by atoms with van der Waals surface area (Å²) in [5, 5.41) is 2.54. The number of ether oxygens (including phenoxy) is 3. The number of methoxy groups -OCH3 is 2. The van der Waals surface area contributed by atoms with Crippen molar-refractivity contribution in [2.45, 2.75) is 50.1 Å². The zero-order valence-electron chi connectivity index (χ0n) is 20.4. The standard InChI is InChI=1S/C24H28F5N3O4/c1-12-17(14-6-7-15(25)18(26)19(14)35-5)20(36-23(12,3)24(27,28)29)21(33)32-13-8-9-31-16(10-13)22(2,30)11-34-4/h6-10,12,17,20H,11,30H2,1-5H3,(H,31,32,33)/t12-,17-,20+,22-,23+/m0/s1. The molecule has 0 radical (unpaired) electrons. The molecule has 0 unspecified atom stereocenters. The summed E-state index contributed by atoms with van der Waals surface area (Å²) < 4.78 is 86.0. The summed E-state index contributed by atoms with van der Waals surface area (Å²) >= 11 is 0. The molecule has 1 aliphatic rings. The summed E-state index contributed by atoms with van der Waals surface area (Å²) in [6, 6.07) is 4.76. The van der Waals surface area contributed by atoms with E-state index in [2.05, 4.69) is 10.3 Å². The number of nitrogens with zero attached hydrogens (tertiary/aromatic N) is 1. The van der Waals surface area contributed by atoms with Crippen LogP contribution in [0.15, 0.2) is 30.5 Å². The van der Waals surface area contributed by atoms with Crippen LogP contribution in [-0.4, -0.2) is 49.6 Å². The van der Waals surface area contributed by atoms with E-state index in [-0.39, 0.29) is 17.9 Å². The fraction of sp³-hybridized carbons (Fsp3) is 0.500. The lowest BCUT2D eigenvalue weighted by Gasteiger charge is -2.32. The first-order valence-electron chi connectivity index (χ1n) is 11.0. The molecule has 36 heavy (non-hydrogen) atoms. The molecule has 3 rings (SSSR count). The highest BCUT2D eigenvalue weighted by Gasteiger charge is 2.65. The lowest BCUT2D eigenvalue weighted by molar-refractivity contribution is -0.272. The molecule has 2 aromatic rings. The van der Waals surface area contributed by atoms with Crippen molar-refractivity contribution >= 4 is 11.6 Å². The van der Waals surface area contributed by atoms with Gasteiger partial charge in [0.25, 0.3) is 5.91 Å². The number of nitrogens with one attached hydrogen (secondary N) is 1. The first kappa shape index (κ1) is 27.8. The number of amides is 1. The van der Waals surface area contributed by atoms with Gasteiger partial charge < -0.3 is 25.3 Å². The van der Waals surface area contributed by atoms with Gasteiger partial charge in [-0.25, -0.2) is 4.39 Å². The molecule has 7 nitrogen and oxygen atoms in total. The summed E-state index contributed by atoms with van der Waals surface area (Å²) in [5.41, 5.74) is 2.87. The van der Waals surface area contributed by atoms with E-state index in [1.54, 1.807) is 6.92 Å². The van der Waals surface area contributed by atoms with Crippen LogP contribution in [0.5, 0.6) is 5.75 Å². The molecule has 3 N–H and O–H groups in total. The molecular formula is C24H28F5N3O4. The normalized spacial score (nSPS) is 25.9. The van der Waals surface area contributed by atoms with Crippen molar-refractivity contribution in [1.29, 1.82) is 0 Å². The molecule has 1 fully saturated rings. The van der Waals surface area contributed by atoms with Gasteiger partial charge in [0.1, 0.15) is 6.10 Å². The number of anilines is 1. The van der Waals surface area contributed by atoms with Gasteiger partial charge >= 0.3 is 6.18 Å².